The molecule has 0 aromatic carbocycles. The second-order valence-corrected chi connectivity index (χ2v) is 4.75. The number of carboxylic acids is 2. The zero-order valence-corrected chi connectivity index (χ0v) is 13.7. The number of carbonyl (C=O) groups is 4. The smallest absolute Gasteiger partial charge is 0.326 e. The number of aromatic nitrogens is 2. The van der Waals surface area contributed by atoms with Crippen molar-refractivity contribution in [2.45, 2.75) is 32.0 Å². The van der Waals surface area contributed by atoms with Gasteiger partial charge in [0.1, 0.15) is 12.1 Å². The van der Waals surface area contributed by atoms with Crippen LogP contribution in [0.4, 0.5) is 4.79 Å². The fourth-order valence-electron chi connectivity index (χ4n) is 1.31. The van der Waals surface area contributed by atoms with E-state index in [1.54, 1.807) is 0 Å². The van der Waals surface area contributed by atoms with Crippen molar-refractivity contribution >= 4 is 23.9 Å². The number of urea groups is 1. The second kappa shape index (κ2) is 11.3. The van der Waals surface area contributed by atoms with Crippen LogP contribution in [0.3, 0.4) is 0 Å². The molecule has 0 bridgehead atoms. The van der Waals surface area contributed by atoms with Crippen LogP contribution >= 0.6 is 0 Å². The topological polar surface area (TPSA) is 244 Å². The fraction of sp³-hybridized carbons (Fsp3) is 0.500. The number of nitrogens with one attached hydrogen (secondary N) is 2. The van der Waals surface area contributed by atoms with Gasteiger partial charge in [-0.15, -0.1) is 10.2 Å². The van der Waals surface area contributed by atoms with Crippen molar-refractivity contribution in [3.8, 4) is 0 Å². The van der Waals surface area contributed by atoms with Crippen LogP contribution in [0, 0.1) is 0 Å². The Balaban J connectivity index is 0.00000141. The number of nitrogens with zero attached hydrogens (tertiary/aromatic N) is 2. The van der Waals surface area contributed by atoms with Crippen LogP contribution in [-0.2, 0) is 20.9 Å². The molecule has 0 saturated heterocycles. The first-order valence-corrected chi connectivity index (χ1v) is 7.00. The number of aliphatic carboxylic acids is 2. The maximum Gasteiger partial charge on any atom is 0.326 e. The zero-order valence-electron chi connectivity index (χ0n) is 13.7. The van der Waals surface area contributed by atoms with Crippen LogP contribution in [0.2, 0.25) is 0 Å². The average molecular weight is 376 g/mol. The first kappa shape index (κ1) is 22.7. The summed E-state index contributed by atoms with van der Waals surface area (Å²) in [6.07, 6.45) is -0.765. The Bertz CT molecular complexity index is 629. The van der Waals surface area contributed by atoms with Gasteiger partial charge in [-0.1, -0.05) is 0 Å². The minimum absolute atomic E-state index is 0.0147. The minimum atomic E-state index is -1.57. The van der Waals surface area contributed by atoms with Crippen molar-refractivity contribution in [1.29, 1.82) is 0 Å². The molecule has 3 amide bonds. The van der Waals surface area contributed by atoms with Gasteiger partial charge in [-0.2, -0.15) is 0 Å². The summed E-state index contributed by atoms with van der Waals surface area (Å²) < 4.78 is 5.04. The molecule has 9 N–H and O–H groups in total. The van der Waals surface area contributed by atoms with Gasteiger partial charge in [0.25, 0.3) is 0 Å². The van der Waals surface area contributed by atoms with E-state index < -0.39 is 43.1 Å². The third-order valence-electron chi connectivity index (χ3n) is 2.38. The fourth-order valence-corrected chi connectivity index (χ4v) is 1.31. The van der Waals surface area contributed by atoms with Crippen LogP contribution in [0.5, 0.6) is 0 Å². The highest BCUT2D eigenvalue weighted by Gasteiger charge is 2.23. The molecule has 146 valence electrons. The van der Waals surface area contributed by atoms with Gasteiger partial charge >= 0.3 is 18.0 Å². The van der Waals surface area contributed by atoms with Gasteiger partial charge in [0, 0.05) is 6.92 Å². The standard InChI is InChI=1S/C10H15N5O7.C2H5NO/c11-4(3-16)8-15-14-6(22-8)2-12-10(21)13-5(9(19)20)1-7(17)18;1-2(3)4/h4-5,16H,1-3,11H2,(H,17,18)(H,19,20)(H2,12,13,21);1H3,(H2,3,4). The van der Waals surface area contributed by atoms with Crippen molar-refractivity contribution in [2.24, 2.45) is 11.5 Å². The van der Waals surface area contributed by atoms with Crippen LogP contribution in [0.25, 0.3) is 0 Å². The molecule has 2 atom stereocenters. The summed E-state index contributed by atoms with van der Waals surface area (Å²) in [7, 11) is 0. The molecule has 0 aliphatic carbocycles. The summed E-state index contributed by atoms with van der Waals surface area (Å²) >= 11 is 0. The van der Waals surface area contributed by atoms with Gasteiger partial charge in [0.15, 0.2) is 0 Å². The number of aliphatic hydroxyl groups is 1. The third-order valence-corrected chi connectivity index (χ3v) is 2.38. The van der Waals surface area contributed by atoms with Gasteiger partial charge in [-0.25, -0.2) is 9.59 Å². The van der Waals surface area contributed by atoms with Crippen LogP contribution in [0.1, 0.15) is 31.2 Å². The summed E-state index contributed by atoms with van der Waals surface area (Å²) in [5, 5.41) is 37.4. The zero-order chi connectivity index (χ0) is 20.3. The van der Waals surface area contributed by atoms with Gasteiger partial charge < -0.3 is 41.8 Å². The lowest BCUT2D eigenvalue weighted by molar-refractivity contribution is -0.145. The summed E-state index contributed by atoms with van der Waals surface area (Å²) in [6, 6.07) is -3.33. The van der Waals surface area contributed by atoms with E-state index in [1.807, 2.05) is 5.32 Å². The molecule has 0 fully saturated rings. The SMILES string of the molecule is CC(N)=O.NC(CO)c1nnc(CNC(=O)NC(CC(=O)O)C(=O)O)o1. The molecule has 1 aromatic heterocycles. The number of hydrogen-bond acceptors (Lipinski definition) is 9. The maximum atomic E-state index is 11.5. The molecule has 14 heteroatoms. The Hall–Kier alpha value is -3.26. The quantitative estimate of drug-likeness (QED) is 0.245. The van der Waals surface area contributed by atoms with Crippen molar-refractivity contribution < 1.29 is 38.9 Å². The molecule has 1 aromatic rings. The number of nitrogens with two attached hydrogens (primary N) is 2. The molecule has 0 radical (unpaired) electrons. The summed E-state index contributed by atoms with van der Waals surface area (Å²) in [5.41, 5.74) is 9.91. The van der Waals surface area contributed by atoms with E-state index in [1.165, 1.54) is 6.92 Å². The first-order chi connectivity index (χ1) is 12.1. The normalized spacial score (nSPS) is 12.1. The third kappa shape index (κ3) is 9.78. The van der Waals surface area contributed by atoms with Crippen molar-refractivity contribution in [3.63, 3.8) is 0 Å². The number of hydrogen-bond donors (Lipinski definition) is 7. The molecular weight excluding hydrogens is 356 g/mol. The Morgan fingerprint density at radius 1 is 1.23 bits per heavy atom. The molecule has 26 heavy (non-hydrogen) atoms. The van der Waals surface area contributed by atoms with E-state index >= 15 is 0 Å². The monoisotopic (exact) mass is 376 g/mol. The average Bonchev–Trinajstić information content (AvgIpc) is 2.99. The lowest BCUT2D eigenvalue weighted by Crippen LogP contribution is -2.46. The number of aliphatic hydroxyl groups excluding tert-OH is 1. The van der Waals surface area contributed by atoms with Gasteiger partial charge in [0.05, 0.1) is 19.6 Å². The van der Waals surface area contributed by atoms with Gasteiger partial charge in [-0.05, 0) is 0 Å². The highest BCUT2D eigenvalue weighted by molar-refractivity contribution is 5.86. The molecular formula is C12H20N6O8. The first-order valence-electron chi connectivity index (χ1n) is 7.00. The molecule has 14 nitrogen and oxygen atoms in total. The number of carboxylic acid groups (broad SMARTS) is 2. The lowest BCUT2D eigenvalue weighted by atomic mass is 10.2. The van der Waals surface area contributed by atoms with Crippen molar-refractivity contribution in [2.75, 3.05) is 6.61 Å². The molecule has 0 aliphatic heterocycles. The van der Waals surface area contributed by atoms with E-state index in [4.69, 9.17) is 25.5 Å². The molecule has 0 aliphatic rings. The van der Waals surface area contributed by atoms with Crippen LogP contribution in [-0.4, -0.2) is 62.0 Å². The van der Waals surface area contributed by atoms with Crippen LogP contribution < -0.4 is 22.1 Å². The predicted octanol–water partition coefficient (Wildman–Crippen LogP) is -2.72. The summed E-state index contributed by atoms with van der Waals surface area (Å²) in [6.45, 7) is 0.682. The van der Waals surface area contributed by atoms with E-state index in [-0.39, 0.29) is 24.2 Å². The number of amides is 3. The largest absolute Gasteiger partial charge is 0.481 e. The Morgan fingerprint density at radius 3 is 2.27 bits per heavy atom. The summed E-state index contributed by atoms with van der Waals surface area (Å²) in [5.74, 6) is -3.22. The van der Waals surface area contributed by atoms with Gasteiger partial charge in [0.2, 0.25) is 17.7 Å². The minimum Gasteiger partial charge on any atom is -0.481 e. The number of primary amides is 1. The molecule has 0 saturated carbocycles. The van der Waals surface area contributed by atoms with E-state index in [0.717, 1.165) is 0 Å². The number of rotatable bonds is 8. The van der Waals surface area contributed by atoms with Crippen molar-refractivity contribution in [3.05, 3.63) is 11.8 Å². The Kier molecular flexibility index (Phi) is 9.90. The lowest BCUT2D eigenvalue weighted by Gasteiger charge is -2.12. The number of carbonyl (C=O) groups excluding carboxylic acids is 2. The van der Waals surface area contributed by atoms with Gasteiger partial charge in [-0.3, -0.25) is 9.59 Å². The highest BCUT2D eigenvalue weighted by Crippen LogP contribution is 2.07. The van der Waals surface area contributed by atoms with E-state index in [9.17, 15) is 19.2 Å². The maximum absolute atomic E-state index is 11.5. The second-order valence-electron chi connectivity index (χ2n) is 4.75. The molecule has 2 unspecified atom stereocenters. The highest BCUT2D eigenvalue weighted by atomic mass is 16.4. The summed E-state index contributed by atoms with van der Waals surface area (Å²) in [4.78, 5) is 41.9. The van der Waals surface area contributed by atoms with E-state index in [2.05, 4.69) is 21.2 Å². The van der Waals surface area contributed by atoms with Crippen LogP contribution in [0.15, 0.2) is 4.42 Å². The van der Waals surface area contributed by atoms with E-state index in [0.29, 0.717) is 0 Å². The Labute approximate surface area is 146 Å². The molecule has 1 rings (SSSR count). The molecule has 0 spiro atoms. The molecule has 1 heterocycles. The predicted molar refractivity (Wildman–Crippen MR) is 82.2 cm³/mol. The van der Waals surface area contributed by atoms with Crippen molar-refractivity contribution in [1.82, 2.24) is 20.8 Å². The Morgan fingerprint density at radius 2 is 1.81 bits per heavy atom.